The molecule has 0 fully saturated rings. The zero-order valence-electron chi connectivity index (χ0n) is 16.8. The summed E-state index contributed by atoms with van der Waals surface area (Å²) in [6, 6.07) is 18.2. The van der Waals surface area contributed by atoms with Crippen LogP contribution in [0.2, 0.25) is 0 Å². The van der Waals surface area contributed by atoms with E-state index in [0.29, 0.717) is 17.7 Å². The van der Waals surface area contributed by atoms with Crippen molar-refractivity contribution in [2.75, 3.05) is 0 Å². The molecule has 1 aromatic heterocycles. The number of hydrogen-bond donors (Lipinski definition) is 3. The lowest BCUT2D eigenvalue weighted by Crippen LogP contribution is -2.29. The third-order valence-electron chi connectivity index (χ3n) is 5.47. The Labute approximate surface area is 174 Å². The Hall–Kier alpha value is -3.58. The molecule has 3 N–H and O–H groups in total. The number of carbonyl (C=O) groups is 2. The number of carbonyl (C=O) groups excluding carboxylic acids is 2. The molecule has 0 saturated carbocycles. The molecule has 1 aliphatic rings. The minimum absolute atomic E-state index is 0.0427. The second kappa shape index (κ2) is 8.04. The Morgan fingerprint density at radius 3 is 2.57 bits per heavy atom. The van der Waals surface area contributed by atoms with Gasteiger partial charge in [0.2, 0.25) is 0 Å². The summed E-state index contributed by atoms with van der Waals surface area (Å²) in [4.78, 5) is 24.5. The lowest BCUT2D eigenvalue weighted by atomic mass is 10.0. The van der Waals surface area contributed by atoms with E-state index in [2.05, 4.69) is 5.32 Å². The average Bonchev–Trinajstić information content (AvgIpc) is 3.33. The average molecular weight is 405 g/mol. The first-order valence-corrected chi connectivity index (χ1v) is 9.73. The van der Waals surface area contributed by atoms with E-state index in [1.54, 1.807) is 29.7 Å². The number of aromatic nitrogens is 1. The summed E-state index contributed by atoms with van der Waals surface area (Å²) in [6.45, 7) is 1.84. The van der Waals surface area contributed by atoms with Crippen LogP contribution in [0.25, 0.3) is 0 Å². The summed E-state index contributed by atoms with van der Waals surface area (Å²) in [5.41, 5.74) is 5.30. The second-order valence-corrected chi connectivity index (χ2v) is 7.38. The van der Waals surface area contributed by atoms with E-state index in [4.69, 9.17) is 9.94 Å². The van der Waals surface area contributed by atoms with Gasteiger partial charge in [0.05, 0.1) is 11.7 Å². The van der Waals surface area contributed by atoms with Crippen LogP contribution < -0.4 is 15.5 Å². The molecule has 0 spiro atoms. The van der Waals surface area contributed by atoms with Crippen LogP contribution in [0.1, 0.15) is 56.7 Å². The van der Waals surface area contributed by atoms with E-state index in [1.165, 1.54) is 0 Å². The molecular formula is C23H23N3O4. The van der Waals surface area contributed by atoms with Crippen molar-refractivity contribution in [3.8, 4) is 5.75 Å². The molecule has 0 aliphatic carbocycles. The molecular weight excluding hydrogens is 382 g/mol. The van der Waals surface area contributed by atoms with Crippen molar-refractivity contribution in [3.05, 3.63) is 88.7 Å². The van der Waals surface area contributed by atoms with Gasteiger partial charge in [-0.2, -0.15) is 0 Å². The van der Waals surface area contributed by atoms with Gasteiger partial charge in [0, 0.05) is 25.1 Å². The number of ether oxygens (including phenoxy) is 1. The van der Waals surface area contributed by atoms with Crippen LogP contribution in [0.4, 0.5) is 0 Å². The van der Waals surface area contributed by atoms with Crippen LogP contribution in [-0.4, -0.2) is 21.6 Å². The van der Waals surface area contributed by atoms with Gasteiger partial charge in [0.1, 0.15) is 17.5 Å². The normalized spacial score (nSPS) is 15.8. The SMILES string of the molecule is CC(NC(=O)c1cc2c(n1C)CC(c1ccccc1)O2)c1cccc(C(=O)NO)c1. The first-order chi connectivity index (χ1) is 14.5. The molecule has 2 heterocycles. The Bertz CT molecular complexity index is 1090. The minimum Gasteiger partial charge on any atom is -0.483 e. The fourth-order valence-electron chi connectivity index (χ4n) is 3.76. The molecule has 3 aromatic rings. The Morgan fingerprint density at radius 1 is 1.10 bits per heavy atom. The molecule has 1 aliphatic heterocycles. The third kappa shape index (κ3) is 3.67. The van der Waals surface area contributed by atoms with E-state index < -0.39 is 5.91 Å². The van der Waals surface area contributed by atoms with Crippen LogP contribution in [0.15, 0.2) is 60.7 Å². The molecule has 2 unspecified atom stereocenters. The molecule has 30 heavy (non-hydrogen) atoms. The van der Waals surface area contributed by atoms with Crippen LogP contribution in [0, 0.1) is 0 Å². The highest BCUT2D eigenvalue weighted by molar-refractivity contribution is 5.94. The Morgan fingerprint density at radius 2 is 1.87 bits per heavy atom. The van der Waals surface area contributed by atoms with Gasteiger partial charge in [0.15, 0.2) is 0 Å². The maximum atomic E-state index is 12.9. The maximum absolute atomic E-state index is 12.9. The molecule has 2 atom stereocenters. The maximum Gasteiger partial charge on any atom is 0.274 e. The molecule has 0 saturated heterocycles. The lowest BCUT2D eigenvalue weighted by molar-refractivity contribution is 0.0706. The third-order valence-corrected chi connectivity index (χ3v) is 5.47. The summed E-state index contributed by atoms with van der Waals surface area (Å²) in [5, 5.41) is 11.8. The van der Waals surface area contributed by atoms with Gasteiger partial charge in [-0.25, -0.2) is 5.48 Å². The fraction of sp³-hybridized carbons (Fsp3) is 0.217. The Balaban J connectivity index is 1.48. The molecule has 7 nitrogen and oxygen atoms in total. The summed E-state index contributed by atoms with van der Waals surface area (Å²) in [6.07, 6.45) is 0.663. The van der Waals surface area contributed by atoms with Crippen molar-refractivity contribution in [1.82, 2.24) is 15.4 Å². The van der Waals surface area contributed by atoms with E-state index in [-0.39, 0.29) is 18.1 Å². The van der Waals surface area contributed by atoms with Crippen LogP contribution in [0.3, 0.4) is 0 Å². The highest BCUT2D eigenvalue weighted by Gasteiger charge is 2.30. The van der Waals surface area contributed by atoms with Crippen molar-refractivity contribution in [1.29, 1.82) is 0 Å². The standard InChI is InChI=1S/C23H23N3O4/c1-14(16-9-6-10-17(11-16)22(27)25-29)24-23(28)19-13-21-18(26(19)2)12-20(30-21)15-7-4-3-5-8-15/h3-11,13-14,20,29H,12H2,1-2H3,(H,24,28)(H,25,27). The number of hydrogen-bond acceptors (Lipinski definition) is 4. The Kier molecular flexibility index (Phi) is 5.29. The summed E-state index contributed by atoms with van der Waals surface area (Å²) in [7, 11) is 1.86. The number of nitrogens with zero attached hydrogens (tertiary/aromatic N) is 1. The van der Waals surface area contributed by atoms with Gasteiger partial charge in [-0.15, -0.1) is 0 Å². The van der Waals surface area contributed by atoms with E-state index in [9.17, 15) is 9.59 Å². The molecule has 4 rings (SSSR count). The number of nitrogens with one attached hydrogen (secondary N) is 2. The van der Waals surface area contributed by atoms with Crippen molar-refractivity contribution in [2.24, 2.45) is 7.05 Å². The predicted molar refractivity (Wildman–Crippen MR) is 111 cm³/mol. The van der Waals surface area contributed by atoms with E-state index in [1.807, 2.05) is 54.9 Å². The lowest BCUT2D eigenvalue weighted by Gasteiger charge is -2.16. The van der Waals surface area contributed by atoms with Gasteiger partial charge in [-0.1, -0.05) is 42.5 Å². The second-order valence-electron chi connectivity index (χ2n) is 7.38. The van der Waals surface area contributed by atoms with Gasteiger partial charge in [0.25, 0.3) is 11.8 Å². The van der Waals surface area contributed by atoms with Crippen LogP contribution in [-0.2, 0) is 13.5 Å². The monoisotopic (exact) mass is 405 g/mol. The summed E-state index contributed by atoms with van der Waals surface area (Å²) >= 11 is 0. The highest BCUT2D eigenvalue weighted by atomic mass is 16.5. The minimum atomic E-state index is -0.598. The zero-order chi connectivity index (χ0) is 21.3. The quantitative estimate of drug-likeness (QED) is 0.449. The summed E-state index contributed by atoms with van der Waals surface area (Å²) < 4.78 is 7.95. The number of amides is 2. The van der Waals surface area contributed by atoms with Gasteiger partial charge >= 0.3 is 0 Å². The largest absolute Gasteiger partial charge is 0.483 e. The molecule has 0 bridgehead atoms. The van der Waals surface area contributed by atoms with E-state index in [0.717, 1.165) is 22.6 Å². The fourth-order valence-corrected chi connectivity index (χ4v) is 3.76. The number of rotatable bonds is 5. The first-order valence-electron chi connectivity index (χ1n) is 9.73. The van der Waals surface area contributed by atoms with Crippen molar-refractivity contribution < 1.29 is 19.5 Å². The summed E-state index contributed by atoms with van der Waals surface area (Å²) in [5.74, 6) is -0.0959. The van der Waals surface area contributed by atoms with Gasteiger partial charge in [-0.3, -0.25) is 14.8 Å². The van der Waals surface area contributed by atoms with E-state index >= 15 is 0 Å². The molecule has 2 aromatic carbocycles. The first kappa shape index (κ1) is 19.7. The topological polar surface area (TPSA) is 92.6 Å². The molecule has 0 radical (unpaired) electrons. The number of benzene rings is 2. The van der Waals surface area contributed by atoms with Crippen LogP contribution in [0.5, 0.6) is 5.75 Å². The van der Waals surface area contributed by atoms with Crippen molar-refractivity contribution >= 4 is 11.8 Å². The number of fused-ring (bicyclic) bond motifs is 1. The smallest absolute Gasteiger partial charge is 0.274 e. The van der Waals surface area contributed by atoms with Crippen LogP contribution >= 0.6 is 0 Å². The predicted octanol–water partition coefficient (Wildman–Crippen LogP) is 3.31. The highest BCUT2D eigenvalue weighted by Crippen LogP contribution is 2.38. The van der Waals surface area contributed by atoms with Crippen molar-refractivity contribution in [2.45, 2.75) is 25.5 Å². The zero-order valence-corrected chi connectivity index (χ0v) is 16.8. The molecule has 2 amide bonds. The van der Waals surface area contributed by atoms with Gasteiger partial charge in [-0.05, 0) is 30.2 Å². The number of hydroxylamine groups is 1. The van der Waals surface area contributed by atoms with Crippen molar-refractivity contribution in [3.63, 3.8) is 0 Å². The van der Waals surface area contributed by atoms with Gasteiger partial charge < -0.3 is 14.6 Å². The molecule has 7 heteroatoms. The molecule has 154 valence electrons.